The molecule has 2 amide bonds. The van der Waals surface area contributed by atoms with Gasteiger partial charge >= 0.3 is 0 Å². The second-order valence-electron chi connectivity index (χ2n) is 14.9. The summed E-state index contributed by atoms with van der Waals surface area (Å²) in [7, 11) is 0. The molecule has 0 radical (unpaired) electrons. The van der Waals surface area contributed by atoms with E-state index < -0.39 is 0 Å². The average molecular weight is 906 g/mol. The first-order valence-corrected chi connectivity index (χ1v) is 21.4. The van der Waals surface area contributed by atoms with E-state index in [1.807, 2.05) is 92.0 Å². The topological polar surface area (TPSA) is 234 Å². The number of fused-ring (bicyclic) bond motifs is 3. The lowest BCUT2D eigenvalue weighted by Gasteiger charge is -2.20. The van der Waals surface area contributed by atoms with Crippen molar-refractivity contribution in [1.82, 2.24) is 61.8 Å². The molecule has 17 heteroatoms. The minimum absolute atomic E-state index is 0.246. The molecule has 0 aliphatic carbocycles. The van der Waals surface area contributed by atoms with Gasteiger partial charge in [0, 0.05) is 23.2 Å². The molecule has 17 nitrogen and oxygen atoms in total. The van der Waals surface area contributed by atoms with Gasteiger partial charge in [0.2, 0.25) is 0 Å². The molecule has 10 N–H and O–H groups in total. The molecule has 10 rings (SSSR count). The molecule has 0 spiro atoms. The van der Waals surface area contributed by atoms with Crippen LogP contribution in [0.5, 0.6) is 0 Å². The van der Waals surface area contributed by atoms with Crippen molar-refractivity contribution in [3.05, 3.63) is 223 Å². The van der Waals surface area contributed by atoms with Crippen molar-refractivity contribution < 1.29 is 9.59 Å². The highest BCUT2D eigenvalue weighted by Gasteiger charge is 2.23. The smallest absolute Gasteiger partial charge is 0.269 e. The molecule has 0 fully saturated rings. The number of aromatic nitrogens is 6. The molecule has 0 atom stereocenters. The van der Waals surface area contributed by atoms with E-state index in [2.05, 4.69) is 115 Å². The van der Waals surface area contributed by atoms with Crippen LogP contribution in [0.4, 0.5) is 0 Å². The van der Waals surface area contributed by atoms with Gasteiger partial charge in [0.1, 0.15) is 11.6 Å². The number of carbonyl (C=O) groups is 2. The van der Waals surface area contributed by atoms with Gasteiger partial charge in [-0.25, -0.2) is 20.8 Å². The SMILES string of the molecule is C=C(NCc1ccccc1)NNC(=O)c1ccc2nc[nH]c2c1.C=C1NN=C(c2ccc3nc[nH]c3c2)N1Cc1ccccc1.CC=NCc1ccccc1.NNC(=O)c1ccc2nc[nH]c2c1. The number of aliphatic imine (C=N–C) groups is 1. The van der Waals surface area contributed by atoms with Gasteiger partial charge in [0.25, 0.3) is 11.8 Å². The Morgan fingerprint density at radius 2 is 1.18 bits per heavy atom. The maximum absolute atomic E-state index is 12.1. The molecular weight excluding hydrogens is 855 g/mol. The van der Waals surface area contributed by atoms with Crippen molar-refractivity contribution in [1.29, 1.82) is 0 Å². The largest absolute Gasteiger partial charge is 0.367 e. The van der Waals surface area contributed by atoms with Crippen LogP contribution < -0.4 is 32.9 Å². The molecule has 1 aliphatic heterocycles. The van der Waals surface area contributed by atoms with E-state index in [-0.39, 0.29) is 11.8 Å². The number of amidine groups is 1. The third-order valence-corrected chi connectivity index (χ3v) is 10.2. The molecule has 4 heterocycles. The molecule has 0 saturated carbocycles. The number of aromatic amines is 3. The van der Waals surface area contributed by atoms with Crippen molar-refractivity contribution in [2.24, 2.45) is 15.9 Å². The summed E-state index contributed by atoms with van der Waals surface area (Å²) in [4.78, 5) is 50.8. The van der Waals surface area contributed by atoms with Crippen LogP contribution >= 0.6 is 0 Å². The first-order chi connectivity index (χ1) is 33.3. The Labute approximate surface area is 392 Å². The van der Waals surface area contributed by atoms with Gasteiger partial charge < -0.3 is 25.2 Å². The van der Waals surface area contributed by atoms with Crippen molar-refractivity contribution in [3.8, 4) is 0 Å². The molecule has 0 unspecified atom stereocenters. The Morgan fingerprint density at radius 1 is 0.662 bits per heavy atom. The number of hydrazine groups is 2. The molecule has 342 valence electrons. The summed E-state index contributed by atoms with van der Waals surface area (Å²) in [5, 5.41) is 7.51. The fourth-order valence-electron chi connectivity index (χ4n) is 6.67. The second kappa shape index (κ2) is 23.5. The molecular formula is C51H51N15O2. The van der Waals surface area contributed by atoms with Gasteiger partial charge in [-0.1, -0.05) is 104 Å². The van der Waals surface area contributed by atoms with Crippen LogP contribution in [0.1, 0.15) is 49.9 Å². The minimum atomic E-state index is -0.309. The van der Waals surface area contributed by atoms with Gasteiger partial charge in [0.05, 0.1) is 65.2 Å². The lowest BCUT2D eigenvalue weighted by atomic mass is 10.1. The van der Waals surface area contributed by atoms with Crippen LogP contribution in [-0.2, 0) is 19.6 Å². The van der Waals surface area contributed by atoms with E-state index in [0.717, 1.165) is 69.0 Å². The number of imidazole rings is 3. The van der Waals surface area contributed by atoms with Crippen molar-refractivity contribution in [2.45, 2.75) is 26.6 Å². The summed E-state index contributed by atoms with van der Waals surface area (Å²) in [6.45, 7) is 12.0. The first kappa shape index (κ1) is 46.6. The highest BCUT2D eigenvalue weighted by molar-refractivity contribution is 6.03. The van der Waals surface area contributed by atoms with Crippen LogP contribution in [0.3, 0.4) is 0 Å². The van der Waals surface area contributed by atoms with Crippen molar-refractivity contribution in [2.75, 3.05) is 0 Å². The van der Waals surface area contributed by atoms with E-state index in [1.165, 1.54) is 11.1 Å². The molecule has 6 aromatic carbocycles. The zero-order valence-corrected chi connectivity index (χ0v) is 37.3. The minimum Gasteiger partial charge on any atom is -0.367 e. The van der Waals surface area contributed by atoms with Crippen LogP contribution in [0.15, 0.2) is 199 Å². The van der Waals surface area contributed by atoms with E-state index >= 15 is 0 Å². The van der Waals surface area contributed by atoms with Gasteiger partial charge in [-0.2, -0.15) is 5.10 Å². The van der Waals surface area contributed by atoms with E-state index in [0.29, 0.717) is 23.5 Å². The number of hydrogen-bond donors (Lipinski definition) is 9. The number of benzene rings is 6. The Bertz CT molecular complexity index is 3140. The summed E-state index contributed by atoms with van der Waals surface area (Å²) < 4.78 is 0. The van der Waals surface area contributed by atoms with Crippen LogP contribution in [0.25, 0.3) is 33.1 Å². The summed E-state index contributed by atoms with van der Waals surface area (Å²) in [6, 6.07) is 46.9. The van der Waals surface area contributed by atoms with Crippen molar-refractivity contribution >= 4 is 57.0 Å². The normalized spacial score (nSPS) is 11.6. The Morgan fingerprint density at radius 3 is 1.74 bits per heavy atom. The highest BCUT2D eigenvalue weighted by Crippen LogP contribution is 2.21. The van der Waals surface area contributed by atoms with Crippen LogP contribution in [-0.4, -0.2) is 58.7 Å². The number of hydrogen-bond acceptors (Lipinski definition) is 12. The van der Waals surface area contributed by atoms with Gasteiger partial charge in [-0.15, -0.1) is 0 Å². The van der Waals surface area contributed by atoms with Crippen molar-refractivity contribution in [3.63, 3.8) is 0 Å². The van der Waals surface area contributed by atoms with E-state index in [9.17, 15) is 9.59 Å². The first-order valence-electron chi connectivity index (χ1n) is 21.4. The third-order valence-electron chi connectivity index (χ3n) is 10.2. The van der Waals surface area contributed by atoms with Gasteiger partial charge in [-0.05, 0) is 84.4 Å². The molecule has 0 bridgehead atoms. The quantitative estimate of drug-likeness (QED) is 0.0257. The van der Waals surface area contributed by atoms with Gasteiger partial charge in [-0.3, -0.25) is 36.3 Å². The lowest BCUT2D eigenvalue weighted by Crippen LogP contribution is -2.40. The maximum Gasteiger partial charge on any atom is 0.269 e. The summed E-state index contributed by atoms with van der Waals surface area (Å²) in [5.74, 6) is 6.61. The maximum atomic E-state index is 12.1. The standard InChI is InChI=1S/C17H17N5O.C17H15N5.C9H11N.C8H8N4O/c1-12(18-10-13-5-3-2-4-6-13)21-22-17(23)14-7-8-15-16(9-14)20-11-19-15;1-12-20-21-17(22(12)10-13-5-3-2-4-6-13)14-7-8-15-16(9-14)19-11-18-15;1-2-10-8-9-6-4-3-5-7-9;9-12-8(13)5-1-2-6-7(3-5)11-4-10-6/h2-9,11,18,21H,1,10H2,(H,19,20)(H,22,23);2-9,11,20H,1,10H2,(H,18,19);2-7H,8H2,1H3;1-4H,9H2,(H,10,11)(H,12,13). The number of rotatable bonds is 12. The van der Waals surface area contributed by atoms with Crippen LogP contribution in [0.2, 0.25) is 0 Å². The lowest BCUT2D eigenvalue weighted by molar-refractivity contribution is 0.0934. The number of carbonyl (C=O) groups excluding carboxylic acids is 2. The molecule has 1 aliphatic rings. The van der Waals surface area contributed by atoms with E-state index in [1.54, 1.807) is 55.4 Å². The van der Waals surface area contributed by atoms with E-state index in [4.69, 9.17) is 5.84 Å². The molecule has 0 saturated heterocycles. The fourth-order valence-corrected chi connectivity index (χ4v) is 6.67. The Balaban J connectivity index is 0.000000141. The summed E-state index contributed by atoms with van der Waals surface area (Å²) >= 11 is 0. The third kappa shape index (κ3) is 12.9. The monoisotopic (exact) mass is 905 g/mol. The summed E-state index contributed by atoms with van der Waals surface area (Å²) in [5.41, 5.74) is 21.3. The van der Waals surface area contributed by atoms with Gasteiger partial charge in [0.15, 0.2) is 5.84 Å². The molecule has 9 aromatic rings. The number of H-pyrrole nitrogens is 3. The number of nitrogen functional groups attached to an aromatic ring is 1. The number of nitrogens with one attached hydrogen (secondary N) is 8. The Hall–Kier alpha value is -9.35. The number of amides is 2. The highest BCUT2D eigenvalue weighted by atomic mass is 16.2. The zero-order valence-electron chi connectivity index (χ0n) is 37.3. The molecule has 3 aromatic heterocycles. The average Bonchev–Trinajstić information content (AvgIpc) is 4.23. The second-order valence-corrected chi connectivity index (χ2v) is 14.9. The number of nitrogens with two attached hydrogens (primary N) is 1. The zero-order chi connectivity index (χ0) is 47.5. The predicted octanol–water partition coefficient (Wildman–Crippen LogP) is 7.30. The predicted molar refractivity (Wildman–Crippen MR) is 268 cm³/mol. The number of hydrazone groups is 1. The number of nitrogens with zero attached hydrogens (tertiary/aromatic N) is 6. The summed E-state index contributed by atoms with van der Waals surface area (Å²) in [6.07, 6.45) is 6.70. The van der Waals surface area contributed by atoms with Crippen LogP contribution in [0, 0.1) is 0 Å². The fraction of sp³-hybridized carbons (Fsp3) is 0.0784. The Kier molecular flexibility index (Phi) is 16.1. The molecule has 68 heavy (non-hydrogen) atoms.